The summed E-state index contributed by atoms with van der Waals surface area (Å²) in [7, 11) is -3.70. The lowest BCUT2D eigenvalue weighted by Gasteiger charge is -2.11. The molecule has 0 unspecified atom stereocenters. The smallest absolute Gasteiger partial charge is 0.222 e. The number of nitrogens with one attached hydrogen (secondary N) is 1. The molecule has 3 rings (SSSR count). The molecule has 2 aromatic heterocycles. The third-order valence-corrected chi connectivity index (χ3v) is 5.91. The van der Waals surface area contributed by atoms with E-state index in [1.807, 2.05) is 19.1 Å². The Morgan fingerprint density at radius 1 is 1.11 bits per heavy atom. The van der Waals surface area contributed by atoms with Gasteiger partial charge in [0.1, 0.15) is 16.5 Å². The Balaban J connectivity index is 2.00. The van der Waals surface area contributed by atoms with Crippen LogP contribution in [0.4, 0.5) is 11.6 Å². The number of hydrogen-bond donors (Lipinski definition) is 2. The van der Waals surface area contributed by atoms with Crippen LogP contribution in [0.3, 0.4) is 0 Å². The largest absolute Gasteiger partial charge is 0.383 e. The van der Waals surface area contributed by atoms with Crippen molar-refractivity contribution in [3.8, 4) is 11.1 Å². The predicted molar refractivity (Wildman–Crippen MR) is 108 cm³/mol. The number of sulfone groups is 1. The number of amides is 1. The Morgan fingerprint density at radius 3 is 2.57 bits per heavy atom. The van der Waals surface area contributed by atoms with Gasteiger partial charge in [-0.25, -0.2) is 18.4 Å². The summed E-state index contributed by atoms with van der Waals surface area (Å²) < 4.78 is 26.0. The Labute approximate surface area is 163 Å². The first-order valence-electron chi connectivity index (χ1n) is 8.53. The van der Waals surface area contributed by atoms with Gasteiger partial charge in [-0.2, -0.15) is 0 Å². The lowest BCUT2D eigenvalue weighted by Crippen LogP contribution is -2.10. The van der Waals surface area contributed by atoms with E-state index < -0.39 is 9.84 Å². The van der Waals surface area contributed by atoms with E-state index in [2.05, 4.69) is 15.3 Å². The summed E-state index contributed by atoms with van der Waals surface area (Å²) in [5.74, 6) is -0.0936. The average molecular weight is 396 g/mol. The zero-order valence-electron chi connectivity index (χ0n) is 15.5. The molecule has 28 heavy (non-hydrogen) atoms. The normalized spacial score (nSPS) is 11.2. The fraction of sp³-hybridized carbons (Fsp3) is 0.150. The number of anilines is 2. The lowest BCUT2D eigenvalue weighted by atomic mass is 10.1. The van der Waals surface area contributed by atoms with Gasteiger partial charge in [-0.05, 0) is 41.8 Å². The molecule has 0 saturated heterocycles. The molecule has 3 aromatic rings. The molecule has 3 N–H and O–H groups in total. The van der Waals surface area contributed by atoms with Gasteiger partial charge in [0.05, 0.1) is 5.75 Å². The second-order valence-corrected chi connectivity index (χ2v) is 8.36. The molecule has 0 bridgehead atoms. The molecule has 0 spiro atoms. The maximum atomic E-state index is 13.0. The third-order valence-electron chi connectivity index (χ3n) is 4.22. The van der Waals surface area contributed by atoms with Gasteiger partial charge in [0.15, 0.2) is 9.84 Å². The maximum Gasteiger partial charge on any atom is 0.222 e. The average Bonchev–Trinajstić information content (AvgIpc) is 2.63. The van der Waals surface area contributed by atoms with Gasteiger partial charge in [0.2, 0.25) is 5.91 Å². The van der Waals surface area contributed by atoms with Crippen LogP contribution in [0.25, 0.3) is 11.1 Å². The first-order chi connectivity index (χ1) is 13.3. The fourth-order valence-corrected chi connectivity index (χ4v) is 4.34. The first kappa shape index (κ1) is 19.5. The Bertz CT molecular complexity index is 1140. The summed E-state index contributed by atoms with van der Waals surface area (Å²) in [6.07, 6.45) is 3.02. The van der Waals surface area contributed by atoms with E-state index in [9.17, 15) is 13.2 Å². The quantitative estimate of drug-likeness (QED) is 0.685. The monoisotopic (exact) mass is 396 g/mol. The highest BCUT2D eigenvalue weighted by Crippen LogP contribution is 2.28. The van der Waals surface area contributed by atoms with E-state index in [0.717, 1.165) is 5.56 Å². The number of carbonyl (C=O) groups excluding carboxylic acids is 1. The van der Waals surface area contributed by atoms with E-state index in [1.165, 1.54) is 25.4 Å². The minimum absolute atomic E-state index is 0.0221. The number of pyridine rings is 2. The Hall–Kier alpha value is -3.26. The van der Waals surface area contributed by atoms with Crippen LogP contribution in [0.2, 0.25) is 0 Å². The summed E-state index contributed by atoms with van der Waals surface area (Å²) in [5, 5.41) is 2.60. The number of hydrogen-bond acceptors (Lipinski definition) is 6. The summed E-state index contributed by atoms with van der Waals surface area (Å²) in [6, 6.07) is 12.2. The van der Waals surface area contributed by atoms with Gasteiger partial charge in [-0.3, -0.25) is 4.79 Å². The van der Waals surface area contributed by atoms with Crippen molar-refractivity contribution in [2.45, 2.75) is 24.5 Å². The molecule has 0 fully saturated rings. The van der Waals surface area contributed by atoms with E-state index in [4.69, 9.17) is 5.73 Å². The van der Waals surface area contributed by atoms with Crippen molar-refractivity contribution in [1.29, 1.82) is 0 Å². The van der Waals surface area contributed by atoms with Crippen molar-refractivity contribution < 1.29 is 13.2 Å². The zero-order valence-corrected chi connectivity index (χ0v) is 16.3. The molecule has 7 nitrogen and oxygen atoms in total. The highest BCUT2D eigenvalue weighted by molar-refractivity contribution is 7.90. The van der Waals surface area contributed by atoms with Crippen LogP contribution < -0.4 is 11.1 Å². The topological polar surface area (TPSA) is 115 Å². The van der Waals surface area contributed by atoms with Crippen molar-refractivity contribution in [3.05, 3.63) is 66.0 Å². The van der Waals surface area contributed by atoms with Crippen LogP contribution in [0.5, 0.6) is 0 Å². The van der Waals surface area contributed by atoms with Gasteiger partial charge < -0.3 is 11.1 Å². The molecular formula is C20H20N4O3S. The van der Waals surface area contributed by atoms with Crippen LogP contribution in [-0.2, 0) is 20.4 Å². The van der Waals surface area contributed by atoms with E-state index in [0.29, 0.717) is 22.5 Å². The second kappa shape index (κ2) is 7.77. The summed E-state index contributed by atoms with van der Waals surface area (Å²) in [5.41, 5.74) is 8.71. The van der Waals surface area contributed by atoms with Crippen molar-refractivity contribution in [2.75, 3.05) is 11.1 Å². The first-order valence-corrected chi connectivity index (χ1v) is 10.2. The highest BCUT2D eigenvalue weighted by atomic mass is 32.2. The van der Waals surface area contributed by atoms with E-state index >= 15 is 0 Å². The molecule has 0 radical (unpaired) electrons. The van der Waals surface area contributed by atoms with Gasteiger partial charge in [0.25, 0.3) is 0 Å². The molecule has 1 aromatic carbocycles. The number of carbonyl (C=O) groups is 1. The second-order valence-electron chi connectivity index (χ2n) is 6.40. The van der Waals surface area contributed by atoms with Gasteiger partial charge in [0, 0.05) is 24.9 Å². The third kappa shape index (κ3) is 4.34. The maximum absolute atomic E-state index is 13.0. The van der Waals surface area contributed by atoms with Gasteiger partial charge >= 0.3 is 0 Å². The molecule has 144 valence electrons. The van der Waals surface area contributed by atoms with E-state index in [1.54, 1.807) is 24.3 Å². The van der Waals surface area contributed by atoms with Crippen LogP contribution in [-0.4, -0.2) is 24.3 Å². The molecule has 0 aliphatic carbocycles. The summed E-state index contributed by atoms with van der Waals surface area (Å²) >= 11 is 0. The van der Waals surface area contributed by atoms with Gasteiger partial charge in [-0.1, -0.05) is 24.3 Å². The van der Waals surface area contributed by atoms with E-state index in [-0.39, 0.29) is 22.4 Å². The van der Waals surface area contributed by atoms with Crippen LogP contribution >= 0.6 is 0 Å². The van der Waals surface area contributed by atoms with Crippen LogP contribution in [0.1, 0.15) is 18.1 Å². The van der Waals surface area contributed by atoms with Crippen molar-refractivity contribution >= 4 is 27.4 Å². The molecule has 1 amide bonds. The van der Waals surface area contributed by atoms with Crippen LogP contribution in [0.15, 0.2) is 59.8 Å². The molecule has 0 aliphatic rings. The molecule has 0 aliphatic heterocycles. The lowest BCUT2D eigenvalue weighted by molar-refractivity contribution is -0.114. The SMILES string of the molecule is CC(=O)Nc1cc(-c2cnc(N)c(S(=O)(=O)Cc3ccccc3C)c2)ccn1. The molecule has 8 heteroatoms. The van der Waals surface area contributed by atoms with Gasteiger partial charge in [-0.15, -0.1) is 0 Å². The number of aryl methyl sites for hydroxylation is 1. The number of nitrogens with two attached hydrogens (primary N) is 1. The zero-order chi connectivity index (χ0) is 20.3. The summed E-state index contributed by atoms with van der Waals surface area (Å²) in [4.78, 5) is 19.3. The van der Waals surface area contributed by atoms with Crippen molar-refractivity contribution in [1.82, 2.24) is 9.97 Å². The predicted octanol–water partition coefficient (Wildman–Crippen LogP) is 2.97. The van der Waals surface area contributed by atoms with Crippen molar-refractivity contribution in [2.24, 2.45) is 0 Å². The minimum Gasteiger partial charge on any atom is -0.383 e. The molecular weight excluding hydrogens is 376 g/mol. The minimum atomic E-state index is -3.70. The molecule has 2 heterocycles. The van der Waals surface area contributed by atoms with Crippen molar-refractivity contribution in [3.63, 3.8) is 0 Å². The summed E-state index contributed by atoms with van der Waals surface area (Å²) in [6.45, 7) is 3.25. The number of rotatable bonds is 5. The number of benzene rings is 1. The highest BCUT2D eigenvalue weighted by Gasteiger charge is 2.21. The molecule has 0 atom stereocenters. The Morgan fingerprint density at radius 2 is 1.86 bits per heavy atom. The Kier molecular flexibility index (Phi) is 5.41. The van der Waals surface area contributed by atoms with Crippen LogP contribution in [0, 0.1) is 6.92 Å². The molecule has 0 saturated carbocycles. The number of nitrogens with zero attached hydrogens (tertiary/aromatic N) is 2. The number of nitrogen functional groups attached to an aromatic ring is 1. The standard InChI is InChI=1S/C20H20N4O3S/c1-13-5-3-4-6-16(13)12-28(26,27)18-9-17(11-23-20(18)21)15-7-8-22-19(10-15)24-14(2)25/h3-11H,12H2,1-2H3,(H2,21,23)(H,22,24,25). The fourth-order valence-electron chi connectivity index (χ4n) is 2.78. The number of aromatic nitrogens is 2.